The maximum atomic E-state index is 12.5. The molecule has 2 rings (SSSR count). The fourth-order valence-electron chi connectivity index (χ4n) is 3.08. The quantitative estimate of drug-likeness (QED) is 0.644. The highest BCUT2D eigenvalue weighted by Crippen LogP contribution is 2.35. The lowest BCUT2D eigenvalue weighted by atomic mass is 9.74. The van der Waals surface area contributed by atoms with Crippen molar-refractivity contribution in [3.63, 3.8) is 0 Å². The number of nitrogen functional groups attached to an aromatic ring is 1. The molecule has 0 bridgehead atoms. The highest BCUT2D eigenvalue weighted by atomic mass is 35.5. The molecule has 0 heterocycles. The third-order valence-electron chi connectivity index (χ3n) is 3.83. The first kappa shape index (κ1) is 13.4. The molecule has 1 aliphatic rings. The molecule has 1 aromatic rings. The summed E-state index contributed by atoms with van der Waals surface area (Å²) < 4.78 is 0. The Morgan fingerprint density at radius 2 is 1.83 bits per heavy atom. The van der Waals surface area contributed by atoms with E-state index in [0.29, 0.717) is 28.1 Å². The van der Waals surface area contributed by atoms with E-state index in [1.165, 1.54) is 6.42 Å². The monoisotopic (exact) mass is 265 g/mol. The van der Waals surface area contributed by atoms with Crippen LogP contribution < -0.4 is 5.73 Å². The molecule has 0 aromatic heterocycles. The van der Waals surface area contributed by atoms with Gasteiger partial charge in [-0.05, 0) is 49.3 Å². The number of hydrogen-bond donors (Lipinski definition) is 1. The van der Waals surface area contributed by atoms with E-state index < -0.39 is 0 Å². The van der Waals surface area contributed by atoms with Crippen LogP contribution in [-0.2, 0) is 0 Å². The summed E-state index contributed by atoms with van der Waals surface area (Å²) in [5, 5.41) is 0.470. The van der Waals surface area contributed by atoms with Gasteiger partial charge < -0.3 is 5.73 Å². The van der Waals surface area contributed by atoms with Gasteiger partial charge in [0.15, 0.2) is 5.78 Å². The maximum Gasteiger partial charge on any atom is 0.166 e. The number of benzene rings is 1. The van der Waals surface area contributed by atoms with Crippen LogP contribution >= 0.6 is 11.6 Å². The van der Waals surface area contributed by atoms with Gasteiger partial charge in [-0.25, -0.2) is 0 Å². The summed E-state index contributed by atoms with van der Waals surface area (Å²) in [6, 6.07) is 5.20. The molecule has 98 valence electrons. The van der Waals surface area contributed by atoms with Crippen molar-refractivity contribution in [1.82, 2.24) is 0 Å². The predicted octanol–water partition coefficient (Wildman–Crippen LogP) is 4.18. The zero-order valence-corrected chi connectivity index (χ0v) is 11.7. The molecule has 2 nitrogen and oxygen atoms in total. The van der Waals surface area contributed by atoms with Crippen LogP contribution in [-0.4, -0.2) is 5.78 Å². The zero-order valence-electron chi connectivity index (χ0n) is 10.9. The normalized spacial score (nSPS) is 28.1. The van der Waals surface area contributed by atoms with Crippen LogP contribution in [0, 0.1) is 17.8 Å². The summed E-state index contributed by atoms with van der Waals surface area (Å²) in [5.74, 6) is 1.62. The molecule has 2 atom stereocenters. The predicted molar refractivity (Wildman–Crippen MR) is 75.9 cm³/mol. The van der Waals surface area contributed by atoms with Crippen molar-refractivity contribution in [2.24, 2.45) is 17.8 Å². The van der Waals surface area contributed by atoms with Crippen molar-refractivity contribution < 1.29 is 4.79 Å². The van der Waals surface area contributed by atoms with E-state index in [9.17, 15) is 4.79 Å². The van der Waals surface area contributed by atoms with E-state index >= 15 is 0 Å². The van der Waals surface area contributed by atoms with Crippen LogP contribution in [0.1, 0.15) is 43.5 Å². The van der Waals surface area contributed by atoms with Crippen molar-refractivity contribution in [3.05, 3.63) is 28.8 Å². The van der Waals surface area contributed by atoms with Crippen LogP contribution in [0.5, 0.6) is 0 Å². The molecule has 1 fully saturated rings. The topological polar surface area (TPSA) is 43.1 Å². The fourth-order valence-corrected chi connectivity index (χ4v) is 3.26. The molecule has 0 amide bonds. The minimum absolute atomic E-state index is 0.142. The van der Waals surface area contributed by atoms with Crippen LogP contribution in [0.15, 0.2) is 18.2 Å². The molecular weight excluding hydrogens is 246 g/mol. The Morgan fingerprint density at radius 1 is 1.22 bits per heavy atom. The summed E-state index contributed by atoms with van der Waals surface area (Å²) in [5.41, 5.74) is 6.89. The third-order valence-corrected chi connectivity index (χ3v) is 4.16. The van der Waals surface area contributed by atoms with Gasteiger partial charge in [-0.3, -0.25) is 4.79 Å². The average molecular weight is 266 g/mol. The third kappa shape index (κ3) is 2.86. The lowest BCUT2D eigenvalue weighted by Gasteiger charge is -2.30. The smallest absolute Gasteiger partial charge is 0.166 e. The van der Waals surface area contributed by atoms with Gasteiger partial charge in [-0.15, -0.1) is 0 Å². The molecule has 1 saturated carbocycles. The largest absolute Gasteiger partial charge is 0.398 e. The Hall–Kier alpha value is -1.02. The molecular formula is C15H20ClNO. The standard InChI is InChI=1S/C15H20ClNO/c1-9-5-10(2)7-12(6-9)15(18)11-3-4-14(17)13(16)8-11/h3-4,8-10,12H,5-7,17H2,1-2H3. The summed E-state index contributed by atoms with van der Waals surface area (Å²) in [7, 11) is 0. The van der Waals surface area contributed by atoms with Gasteiger partial charge in [0, 0.05) is 11.5 Å². The van der Waals surface area contributed by atoms with Crippen LogP contribution in [0.25, 0.3) is 0 Å². The van der Waals surface area contributed by atoms with Crippen LogP contribution in [0.4, 0.5) is 5.69 Å². The number of halogens is 1. The molecule has 0 spiro atoms. The molecule has 2 N–H and O–H groups in total. The summed E-state index contributed by atoms with van der Waals surface area (Å²) in [6.07, 6.45) is 3.21. The van der Waals surface area contributed by atoms with E-state index in [-0.39, 0.29) is 11.7 Å². The van der Waals surface area contributed by atoms with Crippen molar-refractivity contribution in [1.29, 1.82) is 0 Å². The second-order valence-electron chi connectivity index (χ2n) is 5.71. The van der Waals surface area contributed by atoms with Crippen molar-refractivity contribution in [2.75, 3.05) is 5.73 Å². The molecule has 1 aromatic carbocycles. The van der Waals surface area contributed by atoms with Gasteiger partial charge >= 0.3 is 0 Å². The van der Waals surface area contributed by atoms with Gasteiger partial charge in [0.25, 0.3) is 0 Å². The van der Waals surface area contributed by atoms with Gasteiger partial charge in [0.1, 0.15) is 0 Å². The Kier molecular flexibility index (Phi) is 3.96. The zero-order chi connectivity index (χ0) is 13.3. The van der Waals surface area contributed by atoms with E-state index in [1.807, 2.05) is 0 Å². The SMILES string of the molecule is CC1CC(C)CC(C(=O)c2ccc(N)c(Cl)c2)C1. The number of carbonyl (C=O) groups is 1. The number of nitrogens with two attached hydrogens (primary N) is 1. The van der Waals surface area contributed by atoms with Crippen molar-refractivity contribution >= 4 is 23.1 Å². The van der Waals surface area contributed by atoms with Gasteiger partial charge in [0.2, 0.25) is 0 Å². The molecule has 1 aliphatic carbocycles. The van der Waals surface area contributed by atoms with E-state index in [0.717, 1.165) is 12.8 Å². The summed E-state index contributed by atoms with van der Waals surface area (Å²) >= 11 is 5.98. The van der Waals surface area contributed by atoms with E-state index in [1.54, 1.807) is 18.2 Å². The molecule has 0 aliphatic heterocycles. The Labute approximate surface area is 114 Å². The summed E-state index contributed by atoms with van der Waals surface area (Å²) in [6.45, 7) is 4.46. The second-order valence-corrected chi connectivity index (χ2v) is 6.12. The fraction of sp³-hybridized carbons (Fsp3) is 0.533. The molecule has 18 heavy (non-hydrogen) atoms. The molecule has 0 radical (unpaired) electrons. The number of ketones is 1. The van der Waals surface area contributed by atoms with Crippen molar-refractivity contribution in [3.8, 4) is 0 Å². The minimum Gasteiger partial charge on any atom is -0.398 e. The Bertz CT molecular complexity index is 448. The first-order chi connectivity index (χ1) is 8.47. The summed E-state index contributed by atoms with van der Waals surface area (Å²) in [4.78, 5) is 12.5. The van der Waals surface area contributed by atoms with Crippen LogP contribution in [0.3, 0.4) is 0 Å². The second kappa shape index (κ2) is 5.31. The lowest BCUT2D eigenvalue weighted by Crippen LogP contribution is -2.26. The first-order valence-corrected chi connectivity index (χ1v) is 6.94. The Balaban J connectivity index is 2.17. The van der Waals surface area contributed by atoms with Crippen LogP contribution in [0.2, 0.25) is 5.02 Å². The number of anilines is 1. The van der Waals surface area contributed by atoms with Gasteiger partial charge in [0.05, 0.1) is 10.7 Å². The number of Topliss-reactive ketones (excluding diaryl/α,β-unsaturated/α-hetero) is 1. The van der Waals surface area contributed by atoms with Gasteiger partial charge in [-0.1, -0.05) is 25.4 Å². The maximum absolute atomic E-state index is 12.5. The number of rotatable bonds is 2. The van der Waals surface area contributed by atoms with Gasteiger partial charge in [-0.2, -0.15) is 0 Å². The molecule has 2 unspecified atom stereocenters. The average Bonchev–Trinajstić information content (AvgIpc) is 2.30. The van der Waals surface area contributed by atoms with E-state index in [2.05, 4.69) is 13.8 Å². The minimum atomic E-state index is 0.142. The number of hydrogen-bond acceptors (Lipinski definition) is 2. The number of carbonyl (C=O) groups excluding carboxylic acids is 1. The first-order valence-electron chi connectivity index (χ1n) is 6.56. The Morgan fingerprint density at radius 3 is 2.39 bits per heavy atom. The van der Waals surface area contributed by atoms with Crippen molar-refractivity contribution in [2.45, 2.75) is 33.1 Å². The molecule has 0 saturated heterocycles. The van der Waals surface area contributed by atoms with E-state index in [4.69, 9.17) is 17.3 Å². The molecule has 3 heteroatoms. The lowest BCUT2D eigenvalue weighted by molar-refractivity contribution is 0.0836. The highest BCUT2D eigenvalue weighted by molar-refractivity contribution is 6.33. The highest BCUT2D eigenvalue weighted by Gasteiger charge is 2.29.